The molecule has 1 N–H and O–H groups in total. The number of hydrogen-bond donors (Lipinski definition) is 1. The first kappa shape index (κ1) is 19.4. The van der Waals surface area contributed by atoms with Crippen LogP contribution >= 0.6 is 11.3 Å². The molecular weight excluding hydrogens is 360 g/mol. The van der Waals surface area contributed by atoms with E-state index in [0.717, 1.165) is 5.75 Å². The Labute approximate surface area is 152 Å². The fourth-order valence-corrected chi connectivity index (χ4v) is 4.52. The van der Waals surface area contributed by atoms with Gasteiger partial charge in [-0.1, -0.05) is 24.3 Å². The summed E-state index contributed by atoms with van der Waals surface area (Å²) >= 11 is 1.19. The quantitative estimate of drug-likeness (QED) is 0.640. The molecule has 0 saturated carbocycles. The standard InChI is InChI=1S/C17H22N2O4S2/c1-19(25(21,22)17-10-6-14-24-17)12-5-9-16(20)18-11-13-23-15-7-3-2-4-8-15/h2-4,6-8,10,14H,5,9,11-13H2,1H3,(H,18,20). The molecule has 0 atom stereocenters. The maximum atomic E-state index is 12.2. The number of amides is 1. The van der Waals surface area contributed by atoms with Crippen molar-refractivity contribution in [1.82, 2.24) is 9.62 Å². The van der Waals surface area contributed by atoms with Gasteiger partial charge >= 0.3 is 0 Å². The number of sulfonamides is 1. The predicted molar refractivity (Wildman–Crippen MR) is 98.3 cm³/mol. The lowest BCUT2D eigenvalue weighted by molar-refractivity contribution is -0.121. The molecule has 6 nitrogen and oxygen atoms in total. The molecule has 0 bridgehead atoms. The fraction of sp³-hybridized carbons (Fsp3) is 0.353. The number of thiophene rings is 1. The molecule has 0 radical (unpaired) electrons. The van der Waals surface area contributed by atoms with Crippen LogP contribution in [-0.4, -0.2) is 45.4 Å². The van der Waals surface area contributed by atoms with Crippen molar-refractivity contribution in [2.24, 2.45) is 0 Å². The van der Waals surface area contributed by atoms with E-state index >= 15 is 0 Å². The Morgan fingerprint density at radius 3 is 2.64 bits per heavy atom. The second-order valence-corrected chi connectivity index (χ2v) is 8.59. The zero-order valence-corrected chi connectivity index (χ0v) is 15.7. The van der Waals surface area contributed by atoms with Crippen molar-refractivity contribution in [2.45, 2.75) is 17.1 Å². The molecule has 1 amide bonds. The molecule has 1 aromatic carbocycles. The second-order valence-electron chi connectivity index (χ2n) is 5.37. The predicted octanol–water partition coefficient (Wildman–Crippen LogP) is 2.34. The molecule has 0 spiro atoms. The highest BCUT2D eigenvalue weighted by Crippen LogP contribution is 2.19. The van der Waals surface area contributed by atoms with Gasteiger partial charge < -0.3 is 10.1 Å². The fourth-order valence-electron chi connectivity index (χ4n) is 2.11. The summed E-state index contributed by atoms with van der Waals surface area (Å²) in [7, 11) is -1.92. The first-order valence-corrected chi connectivity index (χ1v) is 10.3. The van der Waals surface area contributed by atoms with Gasteiger partial charge in [-0.05, 0) is 30.0 Å². The number of rotatable bonds is 10. The number of ether oxygens (including phenoxy) is 1. The maximum Gasteiger partial charge on any atom is 0.252 e. The van der Waals surface area contributed by atoms with Crippen LogP contribution in [0.4, 0.5) is 0 Å². The summed E-state index contributed by atoms with van der Waals surface area (Å²) in [5, 5.41) is 4.49. The summed E-state index contributed by atoms with van der Waals surface area (Å²) in [6.07, 6.45) is 0.738. The molecule has 136 valence electrons. The van der Waals surface area contributed by atoms with Crippen LogP contribution < -0.4 is 10.1 Å². The zero-order valence-electron chi connectivity index (χ0n) is 14.1. The van der Waals surface area contributed by atoms with Crippen molar-refractivity contribution in [2.75, 3.05) is 26.7 Å². The van der Waals surface area contributed by atoms with Crippen LogP contribution in [0.15, 0.2) is 52.1 Å². The van der Waals surface area contributed by atoms with E-state index in [0.29, 0.717) is 30.3 Å². The first-order chi connectivity index (χ1) is 12.0. The first-order valence-electron chi connectivity index (χ1n) is 7.94. The van der Waals surface area contributed by atoms with Crippen LogP contribution in [0.25, 0.3) is 0 Å². The molecule has 0 unspecified atom stereocenters. The minimum atomic E-state index is -3.44. The molecule has 0 fully saturated rings. The molecule has 2 aromatic rings. The van der Waals surface area contributed by atoms with Crippen LogP contribution in [0.3, 0.4) is 0 Å². The van der Waals surface area contributed by atoms with Gasteiger partial charge in [0, 0.05) is 20.0 Å². The monoisotopic (exact) mass is 382 g/mol. The number of nitrogens with one attached hydrogen (secondary N) is 1. The Morgan fingerprint density at radius 1 is 1.20 bits per heavy atom. The van der Waals surface area contributed by atoms with Crippen LogP contribution in [0.5, 0.6) is 5.75 Å². The highest BCUT2D eigenvalue weighted by atomic mass is 32.2. The van der Waals surface area contributed by atoms with Gasteiger partial charge in [0.05, 0.1) is 6.54 Å². The molecule has 1 heterocycles. The van der Waals surface area contributed by atoms with Crippen LogP contribution in [0.1, 0.15) is 12.8 Å². The third kappa shape index (κ3) is 6.15. The van der Waals surface area contributed by atoms with E-state index in [9.17, 15) is 13.2 Å². The van der Waals surface area contributed by atoms with Crippen molar-refractivity contribution in [3.05, 3.63) is 47.8 Å². The molecule has 2 rings (SSSR count). The van der Waals surface area contributed by atoms with Gasteiger partial charge in [0.2, 0.25) is 5.91 Å². The molecular formula is C17H22N2O4S2. The normalized spacial score (nSPS) is 11.4. The number of carbonyl (C=O) groups is 1. The van der Waals surface area contributed by atoms with Gasteiger partial charge in [0.15, 0.2) is 0 Å². The van der Waals surface area contributed by atoms with Crippen molar-refractivity contribution in [1.29, 1.82) is 0 Å². The smallest absolute Gasteiger partial charge is 0.252 e. The topological polar surface area (TPSA) is 75.7 Å². The van der Waals surface area contributed by atoms with E-state index in [2.05, 4.69) is 5.32 Å². The lowest BCUT2D eigenvalue weighted by Gasteiger charge is -2.15. The summed E-state index contributed by atoms with van der Waals surface area (Å²) in [5.74, 6) is 0.649. The average molecular weight is 383 g/mol. The number of benzene rings is 1. The third-order valence-electron chi connectivity index (χ3n) is 3.47. The van der Waals surface area contributed by atoms with Crippen LogP contribution in [0, 0.1) is 0 Å². The summed E-state index contributed by atoms with van der Waals surface area (Å²) < 4.78 is 31.6. The van der Waals surface area contributed by atoms with E-state index in [4.69, 9.17) is 4.74 Å². The SMILES string of the molecule is CN(CCCC(=O)NCCOc1ccccc1)S(=O)(=O)c1cccs1. The van der Waals surface area contributed by atoms with Gasteiger partial charge in [0.1, 0.15) is 16.6 Å². The van der Waals surface area contributed by atoms with Gasteiger partial charge in [-0.25, -0.2) is 12.7 Å². The maximum absolute atomic E-state index is 12.2. The number of carbonyl (C=O) groups excluding carboxylic acids is 1. The van der Waals surface area contributed by atoms with Gasteiger partial charge in [-0.15, -0.1) is 11.3 Å². The second kappa shape index (κ2) is 9.55. The minimum absolute atomic E-state index is 0.112. The summed E-state index contributed by atoms with van der Waals surface area (Å²) in [6, 6.07) is 12.7. The van der Waals surface area contributed by atoms with Crippen molar-refractivity contribution in [3.63, 3.8) is 0 Å². The Kier molecular flexibility index (Phi) is 7.42. The molecule has 8 heteroatoms. The zero-order chi connectivity index (χ0) is 18.1. The third-order valence-corrected chi connectivity index (χ3v) is 6.70. The van der Waals surface area contributed by atoms with E-state index < -0.39 is 10.0 Å². The summed E-state index contributed by atoms with van der Waals surface area (Å²) in [6.45, 7) is 1.10. The van der Waals surface area contributed by atoms with E-state index in [1.54, 1.807) is 17.5 Å². The molecule has 0 aliphatic carbocycles. The van der Waals surface area contributed by atoms with Crippen LogP contribution in [0.2, 0.25) is 0 Å². The molecule has 0 aliphatic heterocycles. The number of hydrogen-bond acceptors (Lipinski definition) is 5. The Morgan fingerprint density at radius 2 is 1.96 bits per heavy atom. The van der Waals surface area contributed by atoms with Crippen LogP contribution in [-0.2, 0) is 14.8 Å². The molecule has 0 saturated heterocycles. The van der Waals surface area contributed by atoms with Gasteiger partial charge in [-0.2, -0.15) is 0 Å². The molecule has 0 aliphatic rings. The van der Waals surface area contributed by atoms with Crippen molar-refractivity contribution >= 4 is 27.3 Å². The lowest BCUT2D eigenvalue weighted by Crippen LogP contribution is -2.30. The molecule has 1 aromatic heterocycles. The summed E-state index contributed by atoms with van der Waals surface area (Å²) in [4.78, 5) is 11.8. The number of para-hydroxylation sites is 1. The molecule has 25 heavy (non-hydrogen) atoms. The lowest BCUT2D eigenvalue weighted by atomic mass is 10.3. The Balaban J connectivity index is 1.62. The van der Waals surface area contributed by atoms with Gasteiger partial charge in [0.25, 0.3) is 10.0 Å². The largest absolute Gasteiger partial charge is 0.492 e. The van der Waals surface area contributed by atoms with Crippen molar-refractivity contribution < 1.29 is 17.9 Å². The summed E-state index contributed by atoms with van der Waals surface area (Å²) in [5.41, 5.74) is 0. The number of nitrogens with zero attached hydrogens (tertiary/aromatic N) is 1. The minimum Gasteiger partial charge on any atom is -0.492 e. The highest BCUT2D eigenvalue weighted by Gasteiger charge is 2.21. The van der Waals surface area contributed by atoms with E-state index in [1.165, 1.54) is 22.7 Å². The van der Waals surface area contributed by atoms with Crippen molar-refractivity contribution in [3.8, 4) is 5.75 Å². The Hall–Kier alpha value is -1.90. The highest BCUT2D eigenvalue weighted by molar-refractivity contribution is 7.91. The average Bonchev–Trinajstić information content (AvgIpc) is 3.15. The van der Waals surface area contributed by atoms with E-state index in [-0.39, 0.29) is 12.3 Å². The van der Waals surface area contributed by atoms with E-state index in [1.807, 2.05) is 30.3 Å². The van der Waals surface area contributed by atoms with Gasteiger partial charge in [-0.3, -0.25) is 4.79 Å². The Bertz CT molecular complexity index is 746.